The minimum atomic E-state index is -0.726. The van der Waals surface area contributed by atoms with Crippen LogP contribution in [-0.2, 0) is 9.53 Å². The Morgan fingerprint density at radius 2 is 1.96 bits per heavy atom. The van der Waals surface area contributed by atoms with Gasteiger partial charge in [-0.25, -0.2) is 9.59 Å². The van der Waals surface area contributed by atoms with Crippen LogP contribution in [0, 0.1) is 10.1 Å². The molecule has 0 spiro atoms. The molecule has 9 heteroatoms. The number of nitro groups is 1. The highest BCUT2D eigenvalue weighted by Gasteiger charge is 2.34. The minimum Gasteiger partial charge on any atom is -0.463 e. The second kappa shape index (κ2) is 8.17. The van der Waals surface area contributed by atoms with Crippen LogP contribution in [-0.4, -0.2) is 48.1 Å². The third-order valence-electron chi connectivity index (χ3n) is 4.67. The lowest BCUT2D eigenvalue weighted by Gasteiger charge is -2.31. The van der Waals surface area contributed by atoms with Gasteiger partial charge in [-0.15, -0.1) is 0 Å². The third kappa shape index (κ3) is 4.25. The van der Waals surface area contributed by atoms with Gasteiger partial charge < -0.3 is 15.4 Å². The second-order valence-corrected chi connectivity index (χ2v) is 6.48. The number of esters is 1. The van der Waals surface area contributed by atoms with E-state index in [1.165, 1.54) is 12.1 Å². The van der Waals surface area contributed by atoms with Gasteiger partial charge in [0.25, 0.3) is 5.69 Å². The monoisotopic (exact) mass is 374 g/mol. The van der Waals surface area contributed by atoms with Crippen LogP contribution in [0.25, 0.3) is 0 Å². The number of benzene rings is 1. The molecule has 1 atom stereocenters. The van der Waals surface area contributed by atoms with Crippen molar-refractivity contribution in [2.75, 3.05) is 26.2 Å². The van der Waals surface area contributed by atoms with E-state index in [4.69, 9.17) is 4.74 Å². The van der Waals surface area contributed by atoms with E-state index in [-0.39, 0.29) is 12.3 Å². The molecular formula is C18H22N4O5. The molecule has 2 aliphatic heterocycles. The minimum absolute atomic E-state index is 0.0574. The Morgan fingerprint density at radius 3 is 2.56 bits per heavy atom. The predicted molar refractivity (Wildman–Crippen MR) is 96.8 cm³/mol. The average molecular weight is 374 g/mol. The van der Waals surface area contributed by atoms with Gasteiger partial charge in [-0.3, -0.25) is 15.0 Å². The number of urea groups is 1. The van der Waals surface area contributed by atoms with Gasteiger partial charge in [-0.2, -0.15) is 0 Å². The Hall–Kier alpha value is -2.94. The van der Waals surface area contributed by atoms with E-state index in [1.807, 2.05) is 0 Å². The van der Waals surface area contributed by atoms with E-state index in [0.717, 1.165) is 25.9 Å². The van der Waals surface area contributed by atoms with E-state index < -0.39 is 23.0 Å². The van der Waals surface area contributed by atoms with Gasteiger partial charge in [0.1, 0.15) is 0 Å². The van der Waals surface area contributed by atoms with Crippen molar-refractivity contribution >= 4 is 17.7 Å². The molecule has 0 saturated carbocycles. The number of ether oxygens (including phenoxy) is 1. The van der Waals surface area contributed by atoms with Gasteiger partial charge in [0.05, 0.1) is 23.1 Å². The molecule has 0 aromatic heterocycles. The molecule has 144 valence electrons. The first-order valence-corrected chi connectivity index (χ1v) is 8.94. The van der Waals surface area contributed by atoms with Crippen LogP contribution in [0.3, 0.4) is 0 Å². The summed E-state index contributed by atoms with van der Waals surface area (Å²) in [4.78, 5) is 37.4. The molecule has 1 saturated heterocycles. The van der Waals surface area contributed by atoms with Crippen LogP contribution in [0.15, 0.2) is 35.5 Å². The molecule has 2 amide bonds. The zero-order chi connectivity index (χ0) is 19.4. The number of nitrogens with zero attached hydrogens (tertiary/aromatic N) is 2. The molecule has 3 rings (SSSR count). The molecule has 0 bridgehead atoms. The van der Waals surface area contributed by atoms with Crippen molar-refractivity contribution < 1.29 is 19.2 Å². The van der Waals surface area contributed by atoms with Gasteiger partial charge >= 0.3 is 12.0 Å². The van der Waals surface area contributed by atoms with E-state index in [0.29, 0.717) is 23.4 Å². The van der Waals surface area contributed by atoms with Crippen molar-refractivity contribution in [2.24, 2.45) is 0 Å². The smallest absolute Gasteiger partial charge is 0.338 e. The molecule has 27 heavy (non-hydrogen) atoms. The summed E-state index contributed by atoms with van der Waals surface area (Å²) in [5.74, 6) is -0.512. The van der Waals surface area contributed by atoms with Crippen molar-refractivity contribution in [3.63, 3.8) is 0 Å². The summed E-state index contributed by atoms with van der Waals surface area (Å²) in [5.41, 5.74) is 1.37. The lowest BCUT2D eigenvalue weighted by Crippen LogP contribution is -2.48. The molecule has 1 aromatic carbocycles. The Labute approximate surface area is 156 Å². The van der Waals surface area contributed by atoms with Crippen molar-refractivity contribution in [1.29, 1.82) is 0 Å². The first-order chi connectivity index (χ1) is 13.0. The SMILES string of the molecule is CCOC(=O)C1=C(CN2CCCC2)NC(=O)N[C@@H]1c1ccc([N+](=O)[O-])cc1. The van der Waals surface area contributed by atoms with E-state index >= 15 is 0 Å². The number of amides is 2. The molecule has 2 N–H and O–H groups in total. The van der Waals surface area contributed by atoms with Gasteiger partial charge in [0, 0.05) is 24.4 Å². The number of hydrogen-bond acceptors (Lipinski definition) is 6. The number of likely N-dealkylation sites (tertiary alicyclic amines) is 1. The molecule has 0 unspecified atom stereocenters. The Balaban J connectivity index is 1.98. The molecule has 2 heterocycles. The van der Waals surface area contributed by atoms with Crippen LogP contribution in [0.5, 0.6) is 0 Å². The molecule has 1 fully saturated rings. The number of non-ortho nitro benzene ring substituents is 1. The summed E-state index contributed by atoms with van der Waals surface area (Å²) in [6.07, 6.45) is 2.17. The van der Waals surface area contributed by atoms with Crippen molar-refractivity contribution in [1.82, 2.24) is 15.5 Å². The van der Waals surface area contributed by atoms with Crippen LogP contribution >= 0.6 is 0 Å². The van der Waals surface area contributed by atoms with Crippen molar-refractivity contribution in [3.05, 3.63) is 51.2 Å². The first-order valence-electron chi connectivity index (χ1n) is 8.94. The first kappa shape index (κ1) is 18.8. The molecule has 0 radical (unpaired) electrons. The standard InChI is InChI=1S/C18H22N4O5/c1-2-27-17(23)15-14(11-21-9-3-4-10-21)19-18(24)20-16(15)12-5-7-13(8-6-12)22(25)26/h5-8,16H,2-4,9-11H2,1H3,(H2,19,20,24)/t16-/m1/s1. The van der Waals surface area contributed by atoms with Crippen LogP contribution in [0.2, 0.25) is 0 Å². The Morgan fingerprint density at radius 1 is 1.30 bits per heavy atom. The van der Waals surface area contributed by atoms with Crippen LogP contribution in [0.4, 0.5) is 10.5 Å². The number of carbonyl (C=O) groups is 2. The summed E-state index contributed by atoms with van der Waals surface area (Å²) in [6, 6.07) is 4.65. The van der Waals surface area contributed by atoms with Crippen LogP contribution in [0.1, 0.15) is 31.4 Å². The number of nitro benzene ring substituents is 1. The third-order valence-corrected chi connectivity index (χ3v) is 4.67. The normalized spacial score (nSPS) is 20.2. The predicted octanol–water partition coefficient (Wildman–Crippen LogP) is 1.86. The number of carbonyl (C=O) groups excluding carboxylic acids is 2. The van der Waals surface area contributed by atoms with Crippen molar-refractivity contribution in [3.8, 4) is 0 Å². The van der Waals surface area contributed by atoms with Gasteiger partial charge in [-0.05, 0) is 50.6 Å². The Kier molecular flexibility index (Phi) is 5.70. The summed E-state index contributed by atoms with van der Waals surface area (Å²) < 4.78 is 5.21. The zero-order valence-corrected chi connectivity index (χ0v) is 15.1. The topological polar surface area (TPSA) is 114 Å². The highest BCUT2D eigenvalue weighted by Crippen LogP contribution is 2.29. The largest absolute Gasteiger partial charge is 0.463 e. The van der Waals surface area contributed by atoms with E-state index in [2.05, 4.69) is 15.5 Å². The zero-order valence-electron chi connectivity index (χ0n) is 15.1. The van der Waals surface area contributed by atoms with Crippen LogP contribution < -0.4 is 10.6 Å². The number of hydrogen-bond donors (Lipinski definition) is 2. The van der Waals surface area contributed by atoms with Gasteiger partial charge in [0.2, 0.25) is 0 Å². The molecule has 0 aliphatic carbocycles. The maximum atomic E-state index is 12.6. The number of nitrogens with one attached hydrogen (secondary N) is 2. The average Bonchev–Trinajstić information content (AvgIpc) is 3.14. The fourth-order valence-electron chi connectivity index (χ4n) is 3.40. The van der Waals surface area contributed by atoms with Gasteiger partial charge in [0.15, 0.2) is 0 Å². The van der Waals surface area contributed by atoms with Crippen molar-refractivity contribution in [2.45, 2.75) is 25.8 Å². The quantitative estimate of drug-likeness (QED) is 0.446. The van der Waals surface area contributed by atoms with E-state index in [9.17, 15) is 19.7 Å². The maximum Gasteiger partial charge on any atom is 0.338 e. The lowest BCUT2D eigenvalue weighted by atomic mass is 9.94. The number of rotatable bonds is 6. The van der Waals surface area contributed by atoms with Gasteiger partial charge in [-0.1, -0.05) is 0 Å². The highest BCUT2D eigenvalue weighted by molar-refractivity contribution is 5.95. The lowest BCUT2D eigenvalue weighted by molar-refractivity contribution is -0.384. The summed E-state index contributed by atoms with van der Waals surface area (Å²) >= 11 is 0. The fourth-order valence-corrected chi connectivity index (χ4v) is 3.40. The highest BCUT2D eigenvalue weighted by atomic mass is 16.6. The summed E-state index contributed by atoms with van der Waals surface area (Å²) in [7, 11) is 0. The molecule has 2 aliphatic rings. The second-order valence-electron chi connectivity index (χ2n) is 6.48. The fraction of sp³-hybridized carbons (Fsp3) is 0.444. The van der Waals surface area contributed by atoms with E-state index in [1.54, 1.807) is 19.1 Å². The summed E-state index contributed by atoms with van der Waals surface area (Å²) in [5, 5.41) is 16.3. The summed E-state index contributed by atoms with van der Waals surface area (Å²) in [6.45, 7) is 4.19. The molecule has 9 nitrogen and oxygen atoms in total. The Bertz CT molecular complexity index is 768. The maximum absolute atomic E-state index is 12.6. The molecular weight excluding hydrogens is 352 g/mol. The molecule has 1 aromatic rings.